The fourth-order valence-corrected chi connectivity index (χ4v) is 1.15. The highest BCUT2D eigenvalue weighted by Crippen LogP contribution is 2.29. The van der Waals surface area contributed by atoms with Crippen molar-refractivity contribution in [2.24, 2.45) is 0 Å². The first-order chi connectivity index (χ1) is 7.86. The minimum atomic E-state index is -4.50. The molecule has 2 N–H and O–H groups in total. The third-order valence-corrected chi connectivity index (χ3v) is 2.08. The Balaban J connectivity index is 2.85. The van der Waals surface area contributed by atoms with Crippen molar-refractivity contribution in [2.45, 2.75) is 24.8 Å². The van der Waals surface area contributed by atoms with E-state index in [4.69, 9.17) is 5.26 Å². The molecule has 0 aliphatic heterocycles. The third kappa shape index (κ3) is 3.41. The Morgan fingerprint density at radius 2 is 2.00 bits per heavy atom. The quantitative estimate of drug-likeness (QED) is 0.845. The lowest BCUT2D eigenvalue weighted by Gasteiger charge is -2.15. The standard InChI is InChI=1S/C10H9F3N2O2/c11-10(12,13)6-1-2-7(15-5-6)9(17)8(16)3-4-14/h1-2,5,8-9,16-17H,3H2. The SMILES string of the molecule is N#CCC(O)C(O)c1ccc(C(F)(F)F)cn1. The van der Waals surface area contributed by atoms with Gasteiger partial charge in [0, 0.05) is 6.20 Å². The van der Waals surface area contributed by atoms with Crippen molar-refractivity contribution in [3.05, 3.63) is 29.6 Å². The van der Waals surface area contributed by atoms with Gasteiger partial charge in [-0.15, -0.1) is 0 Å². The molecular formula is C10H9F3N2O2. The number of hydrogen-bond acceptors (Lipinski definition) is 4. The van der Waals surface area contributed by atoms with E-state index in [0.29, 0.717) is 6.20 Å². The van der Waals surface area contributed by atoms with Gasteiger partial charge in [-0.2, -0.15) is 18.4 Å². The molecule has 0 spiro atoms. The highest BCUT2D eigenvalue weighted by molar-refractivity contribution is 5.18. The molecule has 2 atom stereocenters. The number of nitriles is 1. The molecule has 0 amide bonds. The maximum Gasteiger partial charge on any atom is 0.417 e. The third-order valence-electron chi connectivity index (χ3n) is 2.08. The van der Waals surface area contributed by atoms with Gasteiger partial charge in [0.1, 0.15) is 6.10 Å². The summed E-state index contributed by atoms with van der Waals surface area (Å²) in [6.07, 6.45) is -7.11. The van der Waals surface area contributed by atoms with Crippen LogP contribution in [0.25, 0.3) is 0 Å². The molecule has 7 heteroatoms. The first-order valence-electron chi connectivity index (χ1n) is 4.62. The van der Waals surface area contributed by atoms with Crippen LogP contribution in [0.5, 0.6) is 0 Å². The van der Waals surface area contributed by atoms with Crippen molar-refractivity contribution in [1.82, 2.24) is 4.98 Å². The molecule has 0 saturated heterocycles. The molecule has 0 aliphatic rings. The molecule has 4 nitrogen and oxygen atoms in total. The molecule has 1 aromatic heterocycles. The van der Waals surface area contributed by atoms with Crippen LogP contribution in [-0.4, -0.2) is 21.3 Å². The maximum atomic E-state index is 12.2. The van der Waals surface area contributed by atoms with E-state index in [0.717, 1.165) is 12.1 Å². The number of aromatic nitrogens is 1. The van der Waals surface area contributed by atoms with Crippen molar-refractivity contribution in [2.75, 3.05) is 0 Å². The molecule has 0 aromatic carbocycles. The van der Waals surface area contributed by atoms with E-state index in [-0.39, 0.29) is 12.1 Å². The first-order valence-corrected chi connectivity index (χ1v) is 4.62. The summed E-state index contributed by atoms with van der Waals surface area (Å²) in [7, 11) is 0. The lowest BCUT2D eigenvalue weighted by Crippen LogP contribution is -2.19. The Morgan fingerprint density at radius 3 is 2.41 bits per heavy atom. The van der Waals surface area contributed by atoms with E-state index in [1.54, 1.807) is 6.07 Å². The minimum absolute atomic E-state index is 0.110. The van der Waals surface area contributed by atoms with E-state index in [1.807, 2.05) is 0 Å². The van der Waals surface area contributed by atoms with Gasteiger partial charge in [-0.25, -0.2) is 0 Å². The number of halogens is 3. The van der Waals surface area contributed by atoms with Crippen LogP contribution in [0.2, 0.25) is 0 Å². The fourth-order valence-electron chi connectivity index (χ4n) is 1.15. The Labute approximate surface area is 95.0 Å². The van der Waals surface area contributed by atoms with Crippen molar-refractivity contribution in [3.8, 4) is 6.07 Å². The molecule has 1 aromatic rings. The summed E-state index contributed by atoms with van der Waals surface area (Å²) in [5.41, 5.74) is -1.05. The number of nitrogens with zero attached hydrogens (tertiary/aromatic N) is 2. The van der Waals surface area contributed by atoms with Gasteiger partial charge >= 0.3 is 6.18 Å². The highest BCUT2D eigenvalue weighted by atomic mass is 19.4. The molecule has 0 aliphatic carbocycles. The summed E-state index contributed by atoms with van der Waals surface area (Å²) in [6, 6.07) is 3.36. The molecule has 0 fully saturated rings. The van der Waals surface area contributed by atoms with Crippen molar-refractivity contribution >= 4 is 0 Å². The zero-order valence-corrected chi connectivity index (χ0v) is 8.52. The van der Waals surface area contributed by atoms with Crippen LogP contribution in [0.4, 0.5) is 13.2 Å². The number of hydrogen-bond donors (Lipinski definition) is 2. The molecule has 0 radical (unpaired) electrons. The van der Waals surface area contributed by atoms with Gasteiger partial charge in [-0.05, 0) is 12.1 Å². The Bertz CT molecular complexity index is 411. The smallest absolute Gasteiger partial charge is 0.389 e. The van der Waals surface area contributed by atoms with Gasteiger partial charge < -0.3 is 10.2 Å². The largest absolute Gasteiger partial charge is 0.417 e. The topological polar surface area (TPSA) is 77.1 Å². The van der Waals surface area contributed by atoms with E-state index < -0.39 is 23.9 Å². The van der Waals surface area contributed by atoms with Gasteiger partial charge in [0.05, 0.1) is 29.9 Å². The molecule has 2 unspecified atom stereocenters. The van der Waals surface area contributed by atoms with Crippen LogP contribution in [0, 0.1) is 11.3 Å². The predicted molar refractivity (Wildman–Crippen MR) is 50.4 cm³/mol. The predicted octanol–water partition coefficient (Wildman–Crippen LogP) is 1.41. The monoisotopic (exact) mass is 246 g/mol. The maximum absolute atomic E-state index is 12.2. The second-order valence-electron chi connectivity index (χ2n) is 3.34. The molecule has 0 saturated carbocycles. The van der Waals surface area contributed by atoms with Crippen LogP contribution in [0.1, 0.15) is 23.8 Å². The Morgan fingerprint density at radius 1 is 1.35 bits per heavy atom. The Kier molecular flexibility index (Phi) is 4.04. The van der Waals surface area contributed by atoms with Gasteiger partial charge in [-0.3, -0.25) is 4.98 Å². The number of alkyl halides is 3. The molecule has 1 heterocycles. The van der Waals surface area contributed by atoms with E-state index in [1.165, 1.54) is 0 Å². The average Bonchev–Trinajstić information content (AvgIpc) is 2.27. The number of aliphatic hydroxyl groups is 2. The summed E-state index contributed by atoms with van der Waals surface area (Å²) in [5.74, 6) is 0. The number of aliphatic hydroxyl groups excluding tert-OH is 2. The molecule has 0 bridgehead atoms. The van der Waals surface area contributed by atoms with Crippen molar-refractivity contribution in [1.29, 1.82) is 5.26 Å². The average molecular weight is 246 g/mol. The van der Waals surface area contributed by atoms with Crippen LogP contribution in [0.3, 0.4) is 0 Å². The van der Waals surface area contributed by atoms with Gasteiger partial charge in [0.25, 0.3) is 0 Å². The van der Waals surface area contributed by atoms with Gasteiger partial charge in [0.15, 0.2) is 0 Å². The van der Waals surface area contributed by atoms with Crippen LogP contribution < -0.4 is 0 Å². The molecule has 92 valence electrons. The van der Waals surface area contributed by atoms with Crippen LogP contribution in [-0.2, 0) is 6.18 Å². The van der Waals surface area contributed by atoms with Crippen molar-refractivity contribution < 1.29 is 23.4 Å². The highest BCUT2D eigenvalue weighted by Gasteiger charge is 2.31. The summed E-state index contributed by atoms with van der Waals surface area (Å²) < 4.78 is 36.6. The summed E-state index contributed by atoms with van der Waals surface area (Å²) in [5, 5.41) is 27.0. The lowest BCUT2D eigenvalue weighted by molar-refractivity contribution is -0.137. The van der Waals surface area contributed by atoms with Crippen LogP contribution >= 0.6 is 0 Å². The fraction of sp³-hybridized carbons (Fsp3) is 0.400. The number of pyridine rings is 1. The summed E-state index contributed by atoms with van der Waals surface area (Å²) in [6.45, 7) is 0. The van der Waals surface area contributed by atoms with Gasteiger partial charge in [0.2, 0.25) is 0 Å². The van der Waals surface area contributed by atoms with E-state index in [9.17, 15) is 23.4 Å². The minimum Gasteiger partial charge on any atom is -0.389 e. The van der Waals surface area contributed by atoms with Crippen LogP contribution in [0.15, 0.2) is 18.3 Å². The van der Waals surface area contributed by atoms with E-state index >= 15 is 0 Å². The van der Waals surface area contributed by atoms with Crippen molar-refractivity contribution in [3.63, 3.8) is 0 Å². The molecule has 17 heavy (non-hydrogen) atoms. The zero-order valence-electron chi connectivity index (χ0n) is 8.52. The lowest BCUT2D eigenvalue weighted by atomic mass is 10.1. The summed E-state index contributed by atoms with van der Waals surface area (Å²) >= 11 is 0. The Hall–Kier alpha value is -1.65. The number of rotatable bonds is 3. The second-order valence-corrected chi connectivity index (χ2v) is 3.34. The normalized spacial score (nSPS) is 15.1. The molecular weight excluding hydrogens is 237 g/mol. The second kappa shape index (κ2) is 5.12. The first kappa shape index (κ1) is 13.4. The molecule has 1 rings (SSSR count). The van der Waals surface area contributed by atoms with E-state index in [2.05, 4.69) is 4.98 Å². The zero-order chi connectivity index (χ0) is 13.1. The summed E-state index contributed by atoms with van der Waals surface area (Å²) in [4.78, 5) is 3.41. The van der Waals surface area contributed by atoms with Gasteiger partial charge in [-0.1, -0.05) is 0 Å².